The van der Waals surface area contributed by atoms with Crippen molar-refractivity contribution >= 4 is 29.1 Å². The average molecular weight is 374 g/mol. The van der Waals surface area contributed by atoms with Gasteiger partial charge in [0.25, 0.3) is 11.8 Å². The Morgan fingerprint density at radius 2 is 1.85 bits per heavy atom. The van der Waals surface area contributed by atoms with E-state index in [2.05, 4.69) is 10.6 Å². The average Bonchev–Trinajstić information content (AvgIpc) is 2.68. The number of ether oxygens (including phenoxy) is 1. The van der Waals surface area contributed by atoms with Gasteiger partial charge < -0.3 is 20.3 Å². The molecule has 0 saturated carbocycles. The molecule has 6 nitrogen and oxygen atoms in total. The summed E-state index contributed by atoms with van der Waals surface area (Å²) in [6.45, 7) is 2.86. The molecule has 26 heavy (non-hydrogen) atoms. The first kappa shape index (κ1) is 18.2. The van der Waals surface area contributed by atoms with E-state index in [0.717, 1.165) is 13.1 Å². The fourth-order valence-corrected chi connectivity index (χ4v) is 3.10. The molecule has 0 bridgehead atoms. The maximum Gasteiger partial charge on any atom is 0.259 e. The van der Waals surface area contributed by atoms with Crippen LogP contribution >= 0.6 is 11.6 Å². The summed E-state index contributed by atoms with van der Waals surface area (Å²) in [5.74, 6) is 0.0837. The van der Waals surface area contributed by atoms with E-state index in [1.54, 1.807) is 47.4 Å². The highest BCUT2D eigenvalue weighted by Crippen LogP contribution is 2.24. The van der Waals surface area contributed by atoms with Crippen molar-refractivity contribution < 1.29 is 14.3 Å². The van der Waals surface area contributed by atoms with Gasteiger partial charge in [-0.15, -0.1) is 0 Å². The van der Waals surface area contributed by atoms with Gasteiger partial charge in [0, 0.05) is 31.9 Å². The molecule has 2 N–H and O–H groups in total. The second-order valence-electron chi connectivity index (χ2n) is 5.89. The number of hydrogen-bond donors (Lipinski definition) is 2. The molecule has 2 amide bonds. The molecular weight excluding hydrogens is 354 g/mol. The predicted octanol–water partition coefficient (Wildman–Crippen LogP) is 2.65. The Kier molecular flexibility index (Phi) is 5.75. The van der Waals surface area contributed by atoms with Crippen molar-refractivity contribution in [2.75, 3.05) is 38.6 Å². The number of nitrogens with zero attached hydrogens (tertiary/aromatic N) is 1. The zero-order valence-corrected chi connectivity index (χ0v) is 15.2. The highest BCUT2D eigenvalue weighted by Gasteiger charge is 2.20. The maximum absolute atomic E-state index is 12.6. The van der Waals surface area contributed by atoms with Crippen LogP contribution in [0.15, 0.2) is 42.5 Å². The van der Waals surface area contributed by atoms with Gasteiger partial charge in [0.05, 0.1) is 23.3 Å². The highest BCUT2D eigenvalue weighted by molar-refractivity contribution is 6.34. The molecule has 0 spiro atoms. The number of nitrogens with one attached hydrogen (secondary N) is 2. The second-order valence-corrected chi connectivity index (χ2v) is 6.30. The van der Waals surface area contributed by atoms with Crippen LogP contribution in [0.4, 0.5) is 5.69 Å². The minimum Gasteiger partial charge on any atom is -0.496 e. The fourth-order valence-electron chi connectivity index (χ4n) is 2.84. The lowest BCUT2D eigenvalue weighted by molar-refractivity contribution is 0.0736. The van der Waals surface area contributed by atoms with Crippen LogP contribution in [0.25, 0.3) is 0 Å². The SMILES string of the molecule is COc1ccccc1C(=O)Nc1ccc(C(=O)N2CCNCC2)c(Cl)c1. The van der Waals surface area contributed by atoms with Crippen molar-refractivity contribution in [2.45, 2.75) is 0 Å². The number of rotatable bonds is 4. The van der Waals surface area contributed by atoms with E-state index in [4.69, 9.17) is 16.3 Å². The number of methoxy groups -OCH3 is 1. The van der Waals surface area contributed by atoms with Crippen LogP contribution in [0.1, 0.15) is 20.7 Å². The number of piperazine rings is 1. The molecule has 136 valence electrons. The van der Waals surface area contributed by atoms with Gasteiger partial charge in [-0.25, -0.2) is 0 Å². The first-order valence-corrected chi connectivity index (χ1v) is 8.72. The number of carbonyl (C=O) groups excluding carboxylic acids is 2. The van der Waals surface area contributed by atoms with E-state index in [1.165, 1.54) is 7.11 Å². The van der Waals surface area contributed by atoms with E-state index < -0.39 is 0 Å². The molecule has 0 atom stereocenters. The van der Waals surface area contributed by atoms with E-state index in [9.17, 15) is 9.59 Å². The minimum atomic E-state index is -0.306. The Morgan fingerprint density at radius 1 is 1.12 bits per heavy atom. The molecule has 1 aliphatic heterocycles. The maximum atomic E-state index is 12.6. The topological polar surface area (TPSA) is 70.7 Å². The molecule has 3 rings (SSSR count). The van der Waals surface area contributed by atoms with E-state index in [0.29, 0.717) is 40.7 Å². The molecule has 7 heteroatoms. The van der Waals surface area contributed by atoms with Crippen LogP contribution in [-0.2, 0) is 0 Å². The van der Waals surface area contributed by atoms with Crippen molar-refractivity contribution in [1.29, 1.82) is 0 Å². The zero-order chi connectivity index (χ0) is 18.5. The molecule has 1 aliphatic rings. The molecular formula is C19H20ClN3O3. The number of carbonyl (C=O) groups is 2. The molecule has 2 aromatic rings. The zero-order valence-electron chi connectivity index (χ0n) is 14.4. The number of hydrogen-bond acceptors (Lipinski definition) is 4. The summed E-state index contributed by atoms with van der Waals surface area (Å²) in [4.78, 5) is 26.8. The largest absolute Gasteiger partial charge is 0.496 e. The molecule has 1 fully saturated rings. The van der Waals surface area contributed by atoms with Gasteiger partial charge in [0.15, 0.2) is 0 Å². The Bertz CT molecular complexity index is 819. The van der Waals surface area contributed by atoms with Crippen LogP contribution in [-0.4, -0.2) is 50.0 Å². The fraction of sp³-hybridized carbons (Fsp3) is 0.263. The Labute approximate surface area is 157 Å². The van der Waals surface area contributed by atoms with Crippen molar-refractivity contribution in [1.82, 2.24) is 10.2 Å². The molecule has 1 heterocycles. The number of anilines is 1. The van der Waals surface area contributed by atoms with Crippen LogP contribution in [0.3, 0.4) is 0 Å². The summed E-state index contributed by atoms with van der Waals surface area (Å²) in [7, 11) is 1.51. The van der Waals surface area contributed by atoms with Crippen molar-refractivity contribution in [3.8, 4) is 5.75 Å². The third kappa shape index (κ3) is 3.98. The van der Waals surface area contributed by atoms with Gasteiger partial charge in [-0.3, -0.25) is 9.59 Å². The smallest absolute Gasteiger partial charge is 0.259 e. The molecule has 0 radical (unpaired) electrons. The lowest BCUT2D eigenvalue weighted by atomic mass is 10.1. The summed E-state index contributed by atoms with van der Waals surface area (Å²) < 4.78 is 5.20. The summed E-state index contributed by atoms with van der Waals surface area (Å²) in [6, 6.07) is 11.9. The van der Waals surface area contributed by atoms with E-state index in [1.807, 2.05) is 0 Å². The van der Waals surface area contributed by atoms with Gasteiger partial charge in [-0.1, -0.05) is 23.7 Å². The summed E-state index contributed by atoms with van der Waals surface area (Å²) >= 11 is 6.29. The number of para-hydroxylation sites is 1. The van der Waals surface area contributed by atoms with Crippen LogP contribution in [0.2, 0.25) is 5.02 Å². The molecule has 1 saturated heterocycles. The molecule has 0 aliphatic carbocycles. The third-order valence-corrected chi connectivity index (χ3v) is 4.53. The van der Waals surface area contributed by atoms with Gasteiger partial charge in [-0.2, -0.15) is 0 Å². The monoisotopic (exact) mass is 373 g/mol. The quantitative estimate of drug-likeness (QED) is 0.864. The predicted molar refractivity (Wildman–Crippen MR) is 101 cm³/mol. The Balaban J connectivity index is 1.75. The van der Waals surface area contributed by atoms with Gasteiger partial charge >= 0.3 is 0 Å². The first-order chi connectivity index (χ1) is 12.6. The second kappa shape index (κ2) is 8.21. The number of halogens is 1. The highest BCUT2D eigenvalue weighted by atomic mass is 35.5. The first-order valence-electron chi connectivity index (χ1n) is 8.34. The summed E-state index contributed by atoms with van der Waals surface area (Å²) in [5.41, 5.74) is 1.37. The van der Waals surface area contributed by atoms with Crippen molar-refractivity contribution in [3.63, 3.8) is 0 Å². The lowest BCUT2D eigenvalue weighted by Crippen LogP contribution is -2.46. The Hall–Kier alpha value is -2.57. The van der Waals surface area contributed by atoms with Gasteiger partial charge in [0.2, 0.25) is 0 Å². The Morgan fingerprint density at radius 3 is 2.54 bits per heavy atom. The molecule has 0 unspecified atom stereocenters. The normalized spacial score (nSPS) is 14.0. The van der Waals surface area contributed by atoms with E-state index in [-0.39, 0.29) is 11.8 Å². The third-order valence-electron chi connectivity index (χ3n) is 4.21. The van der Waals surface area contributed by atoms with Crippen molar-refractivity contribution in [2.24, 2.45) is 0 Å². The van der Waals surface area contributed by atoms with Crippen LogP contribution in [0, 0.1) is 0 Å². The van der Waals surface area contributed by atoms with Crippen LogP contribution < -0.4 is 15.4 Å². The summed E-state index contributed by atoms with van der Waals surface area (Å²) in [6.07, 6.45) is 0. The molecule has 0 aromatic heterocycles. The number of benzene rings is 2. The van der Waals surface area contributed by atoms with Gasteiger partial charge in [-0.05, 0) is 30.3 Å². The summed E-state index contributed by atoms with van der Waals surface area (Å²) in [5, 5.41) is 6.30. The number of amides is 2. The van der Waals surface area contributed by atoms with E-state index >= 15 is 0 Å². The van der Waals surface area contributed by atoms with Gasteiger partial charge in [0.1, 0.15) is 5.75 Å². The molecule has 2 aromatic carbocycles. The standard InChI is InChI=1S/C19H20ClN3O3/c1-26-17-5-3-2-4-15(17)18(24)22-13-6-7-14(16(20)12-13)19(25)23-10-8-21-9-11-23/h2-7,12,21H,8-11H2,1H3,(H,22,24). The van der Waals surface area contributed by atoms with Crippen LogP contribution in [0.5, 0.6) is 5.75 Å². The lowest BCUT2D eigenvalue weighted by Gasteiger charge is -2.27. The minimum absolute atomic E-state index is 0.0981. The van der Waals surface area contributed by atoms with Crippen molar-refractivity contribution in [3.05, 3.63) is 58.6 Å².